The van der Waals surface area contributed by atoms with Gasteiger partial charge in [0.25, 0.3) is 11.6 Å². The highest BCUT2D eigenvalue weighted by Crippen LogP contribution is 2.35. The SMILES string of the molecule is COc1cc(/C=C(/C#N)C(=O)Nc2cccc(Br)c2)c(Br)cc1OCc1ccc([N+](=O)[O-])cc1. The van der Waals surface area contributed by atoms with E-state index in [1.54, 1.807) is 42.5 Å². The number of nitrogens with zero attached hydrogens (tertiary/aromatic N) is 2. The molecule has 0 radical (unpaired) electrons. The van der Waals surface area contributed by atoms with Crippen molar-refractivity contribution in [2.45, 2.75) is 6.61 Å². The van der Waals surface area contributed by atoms with Crippen LogP contribution < -0.4 is 14.8 Å². The molecular weight excluding hydrogens is 570 g/mol. The van der Waals surface area contributed by atoms with E-state index in [0.717, 1.165) is 10.0 Å². The van der Waals surface area contributed by atoms with Crippen molar-refractivity contribution in [3.05, 3.63) is 96.4 Å². The zero-order valence-corrected chi connectivity index (χ0v) is 20.9. The predicted molar refractivity (Wildman–Crippen MR) is 134 cm³/mol. The maximum atomic E-state index is 12.6. The zero-order chi connectivity index (χ0) is 24.7. The Kier molecular flexibility index (Phi) is 8.40. The minimum Gasteiger partial charge on any atom is -0.493 e. The first kappa shape index (κ1) is 25.0. The van der Waals surface area contributed by atoms with Crippen LogP contribution in [0.25, 0.3) is 6.08 Å². The van der Waals surface area contributed by atoms with Gasteiger partial charge in [-0.3, -0.25) is 14.9 Å². The highest BCUT2D eigenvalue weighted by atomic mass is 79.9. The molecule has 0 aliphatic heterocycles. The second-order valence-electron chi connectivity index (χ2n) is 6.87. The first-order valence-corrected chi connectivity index (χ1v) is 11.3. The van der Waals surface area contributed by atoms with Gasteiger partial charge in [-0.1, -0.05) is 37.9 Å². The molecule has 34 heavy (non-hydrogen) atoms. The summed E-state index contributed by atoms with van der Waals surface area (Å²) in [5.41, 5.74) is 1.73. The number of carbonyl (C=O) groups excluding carboxylic acids is 1. The molecule has 0 saturated heterocycles. The molecule has 0 saturated carbocycles. The summed E-state index contributed by atoms with van der Waals surface area (Å²) in [6.45, 7) is 0.161. The molecule has 0 fully saturated rings. The molecule has 3 rings (SSSR count). The summed E-state index contributed by atoms with van der Waals surface area (Å²) in [7, 11) is 1.47. The molecule has 1 N–H and O–H groups in total. The van der Waals surface area contributed by atoms with E-state index in [-0.39, 0.29) is 17.9 Å². The van der Waals surface area contributed by atoms with E-state index in [1.165, 1.54) is 25.3 Å². The van der Waals surface area contributed by atoms with Gasteiger partial charge >= 0.3 is 0 Å². The number of nitro benzene ring substituents is 1. The Balaban J connectivity index is 1.79. The Bertz CT molecular complexity index is 1300. The summed E-state index contributed by atoms with van der Waals surface area (Å²) in [5, 5.41) is 23.0. The summed E-state index contributed by atoms with van der Waals surface area (Å²) < 4.78 is 12.6. The van der Waals surface area contributed by atoms with Crippen LogP contribution in [0.4, 0.5) is 11.4 Å². The molecular formula is C24H17Br2N3O5. The third-order valence-corrected chi connectivity index (χ3v) is 5.75. The fourth-order valence-corrected chi connectivity index (χ4v) is 3.71. The predicted octanol–water partition coefficient (Wildman–Crippen LogP) is 6.25. The van der Waals surface area contributed by atoms with Crippen LogP contribution in [0.3, 0.4) is 0 Å². The number of hydrogen-bond donors (Lipinski definition) is 1. The number of non-ortho nitro benzene ring substituents is 1. The molecule has 0 atom stereocenters. The first-order valence-electron chi connectivity index (χ1n) is 9.73. The first-order chi connectivity index (χ1) is 16.3. The molecule has 3 aromatic rings. The van der Waals surface area contributed by atoms with Gasteiger partial charge in [-0.25, -0.2) is 0 Å². The topological polar surface area (TPSA) is 114 Å². The summed E-state index contributed by atoms with van der Waals surface area (Å²) in [6, 6.07) is 18.3. The minimum atomic E-state index is -0.551. The number of nitro groups is 1. The Morgan fingerprint density at radius 3 is 2.50 bits per heavy atom. The van der Waals surface area contributed by atoms with Crippen LogP contribution in [-0.4, -0.2) is 17.9 Å². The number of ether oxygens (including phenoxy) is 2. The van der Waals surface area contributed by atoms with E-state index in [9.17, 15) is 20.2 Å². The van der Waals surface area contributed by atoms with Crippen molar-refractivity contribution in [1.82, 2.24) is 0 Å². The molecule has 0 aromatic heterocycles. The van der Waals surface area contributed by atoms with Crippen molar-refractivity contribution in [1.29, 1.82) is 5.26 Å². The van der Waals surface area contributed by atoms with E-state index in [4.69, 9.17) is 9.47 Å². The number of nitriles is 1. The van der Waals surface area contributed by atoms with Crippen LogP contribution in [0.1, 0.15) is 11.1 Å². The average molecular weight is 587 g/mol. The molecule has 10 heteroatoms. The van der Waals surface area contributed by atoms with Gasteiger partial charge in [0.15, 0.2) is 11.5 Å². The van der Waals surface area contributed by atoms with Crippen molar-refractivity contribution in [2.75, 3.05) is 12.4 Å². The molecule has 0 aliphatic rings. The van der Waals surface area contributed by atoms with Gasteiger partial charge in [0.05, 0.1) is 12.0 Å². The van der Waals surface area contributed by atoms with Crippen LogP contribution >= 0.6 is 31.9 Å². The van der Waals surface area contributed by atoms with Crippen LogP contribution in [0.5, 0.6) is 11.5 Å². The molecule has 0 bridgehead atoms. The summed E-state index contributed by atoms with van der Waals surface area (Å²) in [5.74, 6) is 0.257. The second kappa shape index (κ2) is 11.4. The minimum absolute atomic E-state index is 0.00236. The van der Waals surface area contributed by atoms with Gasteiger partial charge < -0.3 is 14.8 Å². The third kappa shape index (κ3) is 6.43. The highest BCUT2D eigenvalue weighted by molar-refractivity contribution is 9.10. The van der Waals surface area contributed by atoms with Gasteiger partial charge in [0.2, 0.25) is 0 Å². The van der Waals surface area contributed by atoms with E-state index in [2.05, 4.69) is 37.2 Å². The number of methoxy groups -OCH3 is 1. The molecule has 3 aromatic carbocycles. The van der Waals surface area contributed by atoms with Crippen molar-refractivity contribution in [3.8, 4) is 17.6 Å². The molecule has 8 nitrogen and oxygen atoms in total. The number of carbonyl (C=O) groups is 1. The molecule has 0 heterocycles. The summed E-state index contributed by atoms with van der Waals surface area (Å²) in [6.07, 6.45) is 1.44. The lowest BCUT2D eigenvalue weighted by Gasteiger charge is -2.13. The van der Waals surface area contributed by atoms with Crippen molar-refractivity contribution >= 4 is 55.2 Å². The fourth-order valence-electron chi connectivity index (χ4n) is 2.88. The van der Waals surface area contributed by atoms with Crippen LogP contribution in [-0.2, 0) is 11.4 Å². The van der Waals surface area contributed by atoms with Gasteiger partial charge in [0, 0.05) is 26.8 Å². The van der Waals surface area contributed by atoms with Crippen molar-refractivity contribution < 1.29 is 19.2 Å². The van der Waals surface area contributed by atoms with Gasteiger partial charge in [-0.05, 0) is 59.7 Å². The maximum Gasteiger partial charge on any atom is 0.269 e. The number of amides is 1. The second-order valence-corrected chi connectivity index (χ2v) is 8.64. The number of halogens is 2. The number of benzene rings is 3. The summed E-state index contributed by atoms with van der Waals surface area (Å²) >= 11 is 6.78. The lowest BCUT2D eigenvalue weighted by atomic mass is 10.1. The molecule has 0 unspecified atom stereocenters. The van der Waals surface area contributed by atoms with Crippen LogP contribution in [0.2, 0.25) is 0 Å². The Morgan fingerprint density at radius 1 is 1.15 bits per heavy atom. The quantitative estimate of drug-likeness (QED) is 0.144. The zero-order valence-electron chi connectivity index (χ0n) is 17.7. The van der Waals surface area contributed by atoms with Crippen molar-refractivity contribution in [3.63, 3.8) is 0 Å². The van der Waals surface area contributed by atoms with E-state index in [1.807, 2.05) is 12.1 Å². The average Bonchev–Trinajstić information content (AvgIpc) is 2.82. The van der Waals surface area contributed by atoms with Crippen LogP contribution in [0, 0.1) is 21.4 Å². The lowest BCUT2D eigenvalue weighted by Crippen LogP contribution is -2.13. The normalized spacial score (nSPS) is 10.8. The van der Waals surface area contributed by atoms with Crippen molar-refractivity contribution in [2.24, 2.45) is 0 Å². The van der Waals surface area contributed by atoms with E-state index in [0.29, 0.717) is 27.2 Å². The standard InChI is InChI=1S/C24H17Br2N3O5/c1-33-22-10-16(9-17(13-27)24(30)28-19-4-2-3-18(25)11-19)21(26)12-23(22)34-14-15-5-7-20(8-6-15)29(31)32/h2-12H,14H2,1H3,(H,28,30)/b17-9-. The Labute approximate surface area is 212 Å². The summed E-state index contributed by atoms with van der Waals surface area (Å²) in [4.78, 5) is 22.9. The number of nitrogens with one attached hydrogen (secondary N) is 1. The fraction of sp³-hybridized carbons (Fsp3) is 0.0833. The third-order valence-electron chi connectivity index (χ3n) is 4.57. The Morgan fingerprint density at radius 2 is 1.88 bits per heavy atom. The largest absolute Gasteiger partial charge is 0.493 e. The van der Waals surface area contributed by atoms with Gasteiger partial charge in [0.1, 0.15) is 18.2 Å². The molecule has 172 valence electrons. The monoisotopic (exact) mass is 585 g/mol. The van der Waals surface area contributed by atoms with E-state index >= 15 is 0 Å². The van der Waals surface area contributed by atoms with E-state index < -0.39 is 10.8 Å². The van der Waals surface area contributed by atoms with Gasteiger partial charge in [-0.15, -0.1) is 0 Å². The smallest absolute Gasteiger partial charge is 0.269 e. The maximum absolute atomic E-state index is 12.6. The molecule has 0 aliphatic carbocycles. The number of hydrogen-bond acceptors (Lipinski definition) is 6. The van der Waals surface area contributed by atoms with Crippen LogP contribution in [0.15, 0.2) is 75.2 Å². The Hall–Kier alpha value is -3.68. The number of rotatable bonds is 8. The van der Waals surface area contributed by atoms with Gasteiger partial charge in [-0.2, -0.15) is 5.26 Å². The highest BCUT2D eigenvalue weighted by Gasteiger charge is 2.14. The molecule has 0 spiro atoms. The molecule has 1 amide bonds. The lowest BCUT2D eigenvalue weighted by molar-refractivity contribution is -0.384. The number of anilines is 1.